The molecule has 20 heavy (non-hydrogen) atoms. The first-order chi connectivity index (χ1) is 9.56. The summed E-state index contributed by atoms with van der Waals surface area (Å²) in [6.45, 7) is -0.903. The molecule has 0 aliphatic carbocycles. The van der Waals surface area contributed by atoms with Gasteiger partial charge in [-0.05, 0) is 0 Å². The molecular weight excluding hydrogens is 280 g/mol. The van der Waals surface area contributed by atoms with Crippen molar-refractivity contribution in [3.63, 3.8) is 0 Å². The van der Waals surface area contributed by atoms with Gasteiger partial charge in [0.25, 0.3) is 0 Å². The third-order valence-electron chi connectivity index (χ3n) is 2.28. The van der Waals surface area contributed by atoms with E-state index in [1.54, 1.807) is 0 Å². The van der Waals surface area contributed by atoms with Crippen molar-refractivity contribution in [3.8, 4) is 0 Å². The molecule has 0 aromatic rings. The van der Waals surface area contributed by atoms with Crippen molar-refractivity contribution in [1.82, 2.24) is 0 Å². The molecule has 0 aromatic carbocycles. The SMILES string of the molecule is O=C1OCC(C(=O)OCCOC(=O)C2COC(=O)O2)O1. The third-order valence-corrected chi connectivity index (χ3v) is 2.28. The minimum Gasteiger partial charge on any atom is -0.459 e. The lowest BCUT2D eigenvalue weighted by Crippen LogP contribution is -2.29. The van der Waals surface area contributed by atoms with Crippen LogP contribution in [-0.2, 0) is 38.0 Å². The van der Waals surface area contributed by atoms with Gasteiger partial charge in [0.05, 0.1) is 0 Å². The summed E-state index contributed by atoms with van der Waals surface area (Å²) >= 11 is 0. The molecule has 2 unspecified atom stereocenters. The van der Waals surface area contributed by atoms with E-state index in [1.807, 2.05) is 0 Å². The normalized spacial score (nSPS) is 24.2. The van der Waals surface area contributed by atoms with Crippen molar-refractivity contribution in [2.75, 3.05) is 26.4 Å². The molecule has 2 fully saturated rings. The number of hydrogen-bond acceptors (Lipinski definition) is 10. The molecule has 10 nitrogen and oxygen atoms in total. The van der Waals surface area contributed by atoms with Gasteiger partial charge < -0.3 is 28.4 Å². The van der Waals surface area contributed by atoms with E-state index in [0.717, 1.165) is 0 Å². The Morgan fingerprint density at radius 2 is 1.30 bits per heavy atom. The number of hydrogen-bond donors (Lipinski definition) is 0. The summed E-state index contributed by atoms with van der Waals surface area (Å²) in [6, 6.07) is 0. The van der Waals surface area contributed by atoms with E-state index in [4.69, 9.17) is 9.47 Å². The monoisotopic (exact) mass is 290 g/mol. The van der Waals surface area contributed by atoms with Gasteiger partial charge in [0.1, 0.15) is 26.4 Å². The standard InChI is InChI=1S/C10H10O10/c11-7(5-3-17-9(13)19-5)15-1-2-16-8(12)6-4-18-10(14)20-6/h5-6H,1-4H2. The Hall–Kier alpha value is -2.52. The summed E-state index contributed by atoms with van der Waals surface area (Å²) in [5.74, 6) is -1.61. The number of esters is 2. The quantitative estimate of drug-likeness (QED) is 0.359. The second kappa shape index (κ2) is 6.08. The van der Waals surface area contributed by atoms with Gasteiger partial charge in [-0.1, -0.05) is 0 Å². The lowest BCUT2D eigenvalue weighted by atomic mass is 10.4. The van der Waals surface area contributed by atoms with Gasteiger partial charge in [-0.25, -0.2) is 19.2 Å². The zero-order chi connectivity index (χ0) is 14.5. The predicted octanol–water partition coefficient (Wildman–Crippen LogP) is -0.856. The zero-order valence-electron chi connectivity index (χ0n) is 10.1. The average molecular weight is 290 g/mol. The third kappa shape index (κ3) is 3.49. The number of rotatable bonds is 5. The largest absolute Gasteiger partial charge is 0.509 e. The number of carbonyl (C=O) groups is 4. The summed E-state index contributed by atoms with van der Waals surface area (Å²) in [5.41, 5.74) is 0. The minimum absolute atomic E-state index is 0.215. The number of ether oxygens (including phenoxy) is 6. The van der Waals surface area contributed by atoms with E-state index in [1.165, 1.54) is 0 Å². The van der Waals surface area contributed by atoms with Gasteiger partial charge in [0, 0.05) is 0 Å². The van der Waals surface area contributed by atoms with Crippen LogP contribution in [0.2, 0.25) is 0 Å². The summed E-state index contributed by atoms with van der Waals surface area (Å²) in [4.78, 5) is 43.8. The lowest BCUT2D eigenvalue weighted by molar-refractivity contribution is -0.160. The summed E-state index contributed by atoms with van der Waals surface area (Å²) < 4.78 is 27.1. The van der Waals surface area contributed by atoms with Gasteiger partial charge in [-0.15, -0.1) is 0 Å². The van der Waals surface area contributed by atoms with Crippen LogP contribution in [0.5, 0.6) is 0 Å². The number of cyclic esters (lactones) is 4. The predicted molar refractivity (Wildman–Crippen MR) is 54.4 cm³/mol. The first kappa shape index (κ1) is 13.9. The molecule has 110 valence electrons. The average Bonchev–Trinajstić information content (AvgIpc) is 3.03. The van der Waals surface area contributed by atoms with Crippen molar-refractivity contribution >= 4 is 24.2 Å². The highest BCUT2D eigenvalue weighted by atomic mass is 16.8. The molecule has 0 spiro atoms. The maximum absolute atomic E-state index is 11.3. The molecule has 0 amide bonds. The molecular formula is C10H10O10. The zero-order valence-corrected chi connectivity index (χ0v) is 10.1. The summed E-state index contributed by atoms with van der Waals surface area (Å²) in [7, 11) is 0. The second-order valence-corrected chi connectivity index (χ2v) is 3.67. The van der Waals surface area contributed by atoms with Crippen LogP contribution in [-0.4, -0.2) is 62.9 Å². The van der Waals surface area contributed by atoms with Gasteiger partial charge in [0.2, 0.25) is 12.2 Å². The Kier molecular flexibility index (Phi) is 4.23. The topological polar surface area (TPSA) is 124 Å². The first-order valence-electron chi connectivity index (χ1n) is 5.56. The van der Waals surface area contributed by atoms with E-state index in [-0.39, 0.29) is 26.4 Å². The maximum atomic E-state index is 11.3. The molecule has 2 saturated heterocycles. The lowest BCUT2D eigenvalue weighted by Gasteiger charge is -2.09. The van der Waals surface area contributed by atoms with Crippen LogP contribution in [0.15, 0.2) is 0 Å². The van der Waals surface area contributed by atoms with Crippen molar-refractivity contribution in [2.45, 2.75) is 12.2 Å². The fourth-order valence-corrected chi connectivity index (χ4v) is 1.36. The van der Waals surface area contributed by atoms with Crippen LogP contribution in [0.4, 0.5) is 9.59 Å². The van der Waals surface area contributed by atoms with E-state index in [9.17, 15) is 19.2 Å². The molecule has 0 bridgehead atoms. The van der Waals surface area contributed by atoms with E-state index < -0.39 is 36.5 Å². The van der Waals surface area contributed by atoms with Gasteiger partial charge in [-0.3, -0.25) is 0 Å². The molecule has 2 rings (SSSR count). The Labute approximate surface area is 111 Å². The van der Waals surface area contributed by atoms with Crippen LogP contribution >= 0.6 is 0 Å². The van der Waals surface area contributed by atoms with Gasteiger partial charge in [0.15, 0.2) is 0 Å². The first-order valence-corrected chi connectivity index (χ1v) is 5.56. The molecule has 0 aromatic heterocycles. The Balaban J connectivity index is 1.59. The summed E-state index contributed by atoms with van der Waals surface area (Å²) in [5, 5.41) is 0. The second-order valence-electron chi connectivity index (χ2n) is 3.67. The van der Waals surface area contributed by atoms with E-state index in [2.05, 4.69) is 18.9 Å². The van der Waals surface area contributed by atoms with E-state index in [0.29, 0.717) is 0 Å². The van der Waals surface area contributed by atoms with Crippen LogP contribution in [0.1, 0.15) is 0 Å². The molecule has 2 atom stereocenters. The molecule has 2 heterocycles. The van der Waals surface area contributed by atoms with Crippen LogP contribution < -0.4 is 0 Å². The van der Waals surface area contributed by atoms with Crippen molar-refractivity contribution in [3.05, 3.63) is 0 Å². The van der Waals surface area contributed by atoms with Crippen molar-refractivity contribution < 1.29 is 47.6 Å². The van der Waals surface area contributed by atoms with Crippen molar-refractivity contribution in [2.24, 2.45) is 0 Å². The molecule has 10 heteroatoms. The highest BCUT2D eigenvalue weighted by Crippen LogP contribution is 2.09. The molecule has 0 saturated carbocycles. The molecule has 0 radical (unpaired) electrons. The molecule has 0 N–H and O–H groups in total. The fraction of sp³-hybridized carbons (Fsp3) is 0.600. The van der Waals surface area contributed by atoms with Crippen molar-refractivity contribution in [1.29, 1.82) is 0 Å². The van der Waals surface area contributed by atoms with E-state index >= 15 is 0 Å². The minimum atomic E-state index is -1.11. The molecule has 2 aliphatic rings. The number of carbonyl (C=O) groups excluding carboxylic acids is 4. The van der Waals surface area contributed by atoms with Gasteiger partial charge >= 0.3 is 24.2 Å². The smallest absolute Gasteiger partial charge is 0.459 e. The summed E-state index contributed by atoms with van der Waals surface area (Å²) in [6.07, 6.45) is -4.10. The van der Waals surface area contributed by atoms with Crippen LogP contribution in [0, 0.1) is 0 Å². The Morgan fingerprint density at radius 3 is 1.60 bits per heavy atom. The van der Waals surface area contributed by atoms with Crippen LogP contribution in [0.25, 0.3) is 0 Å². The highest BCUT2D eigenvalue weighted by molar-refractivity contribution is 5.80. The van der Waals surface area contributed by atoms with Gasteiger partial charge in [-0.2, -0.15) is 0 Å². The Bertz CT molecular complexity index is 390. The highest BCUT2D eigenvalue weighted by Gasteiger charge is 2.34. The fourth-order valence-electron chi connectivity index (χ4n) is 1.36. The molecule has 2 aliphatic heterocycles. The Morgan fingerprint density at radius 1 is 0.900 bits per heavy atom. The maximum Gasteiger partial charge on any atom is 0.509 e. The van der Waals surface area contributed by atoms with Crippen LogP contribution in [0.3, 0.4) is 0 Å².